The first-order chi connectivity index (χ1) is 14.6. The van der Waals surface area contributed by atoms with Gasteiger partial charge in [-0.3, -0.25) is 9.59 Å². The zero-order valence-electron chi connectivity index (χ0n) is 17.2. The average molecular weight is 406 g/mol. The standard InChI is InChI=1S/C24H26N2O4/c1-3-29-21-13-12-17(16-22(21)30-4-2)14-15-25-23(27)24(28)26-20-11-7-9-18-8-5-6-10-19(18)20/h5-13,16H,3-4,14-15H2,1-2H3,(H,25,27)(H,26,28). The van der Waals surface area contributed by atoms with Gasteiger partial charge in [-0.25, -0.2) is 0 Å². The number of benzene rings is 3. The quantitative estimate of drug-likeness (QED) is 0.556. The van der Waals surface area contributed by atoms with Gasteiger partial charge in [-0.2, -0.15) is 0 Å². The van der Waals surface area contributed by atoms with Gasteiger partial charge < -0.3 is 20.1 Å². The Kier molecular flexibility index (Phi) is 7.27. The normalized spacial score (nSPS) is 10.5. The smallest absolute Gasteiger partial charge is 0.313 e. The highest BCUT2D eigenvalue weighted by atomic mass is 16.5. The first kappa shape index (κ1) is 21.2. The molecule has 0 aliphatic heterocycles. The van der Waals surface area contributed by atoms with Crippen LogP contribution in [0.3, 0.4) is 0 Å². The summed E-state index contributed by atoms with van der Waals surface area (Å²) in [5, 5.41) is 7.25. The molecule has 0 aliphatic carbocycles. The molecule has 30 heavy (non-hydrogen) atoms. The van der Waals surface area contributed by atoms with E-state index in [1.165, 1.54) is 0 Å². The lowest BCUT2D eigenvalue weighted by Crippen LogP contribution is -2.36. The van der Waals surface area contributed by atoms with E-state index in [4.69, 9.17) is 9.47 Å². The van der Waals surface area contributed by atoms with Crippen LogP contribution in [0.5, 0.6) is 11.5 Å². The summed E-state index contributed by atoms with van der Waals surface area (Å²) in [6.45, 7) is 5.26. The van der Waals surface area contributed by atoms with E-state index in [9.17, 15) is 9.59 Å². The van der Waals surface area contributed by atoms with Gasteiger partial charge in [0.05, 0.1) is 13.2 Å². The summed E-state index contributed by atoms with van der Waals surface area (Å²) in [7, 11) is 0. The predicted molar refractivity (Wildman–Crippen MR) is 118 cm³/mol. The SMILES string of the molecule is CCOc1ccc(CCNC(=O)C(=O)Nc2cccc3ccccc23)cc1OCC. The zero-order valence-corrected chi connectivity index (χ0v) is 17.2. The highest BCUT2D eigenvalue weighted by Gasteiger charge is 2.14. The van der Waals surface area contributed by atoms with E-state index >= 15 is 0 Å². The Labute approximate surface area is 176 Å². The van der Waals surface area contributed by atoms with Crippen LogP contribution in [0.15, 0.2) is 60.7 Å². The summed E-state index contributed by atoms with van der Waals surface area (Å²) in [6, 6.07) is 19.0. The Balaban J connectivity index is 1.56. The van der Waals surface area contributed by atoms with Crippen molar-refractivity contribution in [2.24, 2.45) is 0 Å². The molecule has 0 bridgehead atoms. The molecule has 0 unspecified atom stereocenters. The van der Waals surface area contributed by atoms with Gasteiger partial charge in [0.1, 0.15) is 0 Å². The molecule has 0 aliphatic rings. The number of ether oxygens (including phenoxy) is 2. The van der Waals surface area contributed by atoms with Gasteiger partial charge >= 0.3 is 11.8 Å². The van der Waals surface area contributed by atoms with Gasteiger partial charge in [-0.15, -0.1) is 0 Å². The van der Waals surface area contributed by atoms with Gasteiger partial charge in [0.2, 0.25) is 0 Å². The second-order valence-corrected chi connectivity index (χ2v) is 6.63. The highest BCUT2D eigenvalue weighted by Crippen LogP contribution is 2.28. The van der Waals surface area contributed by atoms with Gasteiger partial charge in [0, 0.05) is 17.6 Å². The summed E-state index contributed by atoms with van der Waals surface area (Å²) >= 11 is 0. The zero-order chi connectivity index (χ0) is 21.3. The lowest BCUT2D eigenvalue weighted by atomic mass is 10.1. The topological polar surface area (TPSA) is 76.7 Å². The maximum atomic E-state index is 12.3. The van der Waals surface area contributed by atoms with Crippen molar-refractivity contribution < 1.29 is 19.1 Å². The fourth-order valence-corrected chi connectivity index (χ4v) is 3.17. The van der Waals surface area contributed by atoms with Crippen molar-refractivity contribution in [2.75, 3.05) is 25.1 Å². The molecule has 3 rings (SSSR count). The van der Waals surface area contributed by atoms with Crippen LogP contribution in [0, 0.1) is 0 Å². The summed E-state index contributed by atoms with van der Waals surface area (Å²) in [5.74, 6) is 0.0189. The number of fused-ring (bicyclic) bond motifs is 1. The Morgan fingerprint density at radius 3 is 2.37 bits per heavy atom. The molecular formula is C24H26N2O4. The second-order valence-electron chi connectivity index (χ2n) is 6.63. The van der Waals surface area contributed by atoms with Gasteiger partial charge in [-0.05, 0) is 49.4 Å². The minimum absolute atomic E-state index is 0.335. The third kappa shape index (κ3) is 5.29. The van der Waals surface area contributed by atoms with E-state index in [0.29, 0.717) is 43.4 Å². The molecule has 0 saturated carbocycles. The van der Waals surface area contributed by atoms with Gasteiger partial charge in [0.25, 0.3) is 0 Å². The molecule has 2 N–H and O–H groups in total. The second kappa shape index (κ2) is 10.3. The van der Waals surface area contributed by atoms with E-state index in [1.807, 2.05) is 68.4 Å². The van der Waals surface area contributed by atoms with Crippen LogP contribution in [0.2, 0.25) is 0 Å². The van der Waals surface area contributed by atoms with Crippen molar-refractivity contribution >= 4 is 28.3 Å². The number of nitrogens with one attached hydrogen (secondary N) is 2. The molecule has 0 spiro atoms. The number of anilines is 1. The first-order valence-corrected chi connectivity index (χ1v) is 10.1. The van der Waals surface area contributed by atoms with Gasteiger partial charge in [-0.1, -0.05) is 42.5 Å². The van der Waals surface area contributed by atoms with Crippen molar-refractivity contribution in [3.05, 3.63) is 66.2 Å². The number of carbonyl (C=O) groups is 2. The van der Waals surface area contributed by atoms with Crippen molar-refractivity contribution in [2.45, 2.75) is 20.3 Å². The number of hydrogen-bond donors (Lipinski definition) is 2. The highest BCUT2D eigenvalue weighted by molar-refractivity contribution is 6.40. The van der Waals surface area contributed by atoms with Crippen LogP contribution in [0.25, 0.3) is 10.8 Å². The predicted octanol–water partition coefficient (Wildman–Crippen LogP) is 3.93. The molecule has 3 aromatic rings. The fraction of sp³-hybridized carbons (Fsp3) is 0.250. The molecule has 0 aromatic heterocycles. The van der Waals surface area contributed by atoms with Crippen LogP contribution in [0.4, 0.5) is 5.69 Å². The third-order valence-corrected chi connectivity index (χ3v) is 4.55. The summed E-state index contributed by atoms with van der Waals surface area (Å²) in [5.41, 5.74) is 1.60. The molecule has 6 heteroatoms. The van der Waals surface area contributed by atoms with Crippen molar-refractivity contribution in [3.8, 4) is 11.5 Å². The number of carbonyl (C=O) groups excluding carboxylic acids is 2. The average Bonchev–Trinajstić information content (AvgIpc) is 2.76. The van der Waals surface area contributed by atoms with E-state index in [-0.39, 0.29) is 0 Å². The third-order valence-electron chi connectivity index (χ3n) is 4.55. The number of amides is 2. The number of hydrogen-bond acceptors (Lipinski definition) is 4. The number of rotatable bonds is 8. The Hall–Kier alpha value is -3.54. The van der Waals surface area contributed by atoms with E-state index in [0.717, 1.165) is 16.3 Å². The van der Waals surface area contributed by atoms with Crippen molar-refractivity contribution in [1.82, 2.24) is 5.32 Å². The first-order valence-electron chi connectivity index (χ1n) is 10.1. The Morgan fingerprint density at radius 2 is 1.57 bits per heavy atom. The van der Waals surface area contributed by atoms with Crippen LogP contribution in [-0.4, -0.2) is 31.6 Å². The van der Waals surface area contributed by atoms with Crippen LogP contribution >= 0.6 is 0 Å². The minimum atomic E-state index is -0.687. The molecule has 0 heterocycles. The van der Waals surface area contributed by atoms with Crippen LogP contribution in [-0.2, 0) is 16.0 Å². The van der Waals surface area contributed by atoms with Gasteiger partial charge in [0.15, 0.2) is 11.5 Å². The molecule has 0 saturated heterocycles. The molecule has 2 amide bonds. The monoisotopic (exact) mass is 406 g/mol. The maximum absolute atomic E-state index is 12.3. The molecular weight excluding hydrogens is 380 g/mol. The summed E-state index contributed by atoms with van der Waals surface area (Å²) < 4.78 is 11.2. The van der Waals surface area contributed by atoms with Crippen LogP contribution in [0.1, 0.15) is 19.4 Å². The van der Waals surface area contributed by atoms with Crippen LogP contribution < -0.4 is 20.1 Å². The minimum Gasteiger partial charge on any atom is -0.490 e. The van der Waals surface area contributed by atoms with E-state index in [2.05, 4.69) is 10.6 Å². The molecule has 0 fully saturated rings. The Bertz CT molecular complexity index is 1030. The van der Waals surface area contributed by atoms with E-state index in [1.54, 1.807) is 6.07 Å². The largest absolute Gasteiger partial charge is 0.490 e. The summed E-state index contributed by atoms with van der Waals surface area (Å²) in [4.78, 5) is 24.5. The summed E-state index contributed by atoms with van der Waals surface area (Å²) in [6.07, 6.45) is 0.569. The molecule has 0 atom stereocenters. The van der Waals surface area contributed by atoms with Crippen molar-refractivity contribution in [1.29, 1.82) is 0 Å². The maximum Gasteiger partial charge on any atom is 0.313 e. The lowest BCUT2D eigenvalue weighted by Gasteiger charge is -2.13. The van der Waals surface area contributed by atoms with Crippen molar-refractivity contribution in [3.63, 3.8) is 0 Å². The molecule has 156 valence electrons. The fourth-order valence-electron chi connectivity index (χ4n) is 3.17. The lowest BCUT2D eigenvalue weighted by molar-refractivity contribution is -0.136. The molecule has 3 aromatic carbocycles. The van der Waals surface area contributed by atoms with E-state index < -0.39 is 11.8 Å². The molecule has 0 radical (unpaired) electrons. The molecule has 6 nitrogen and oxygen atoms in total. The Morgan fingerprint density at radius 1 is 0.833 bits per heavy atom.